The fourth-order valence-electron chi connectivity index (χ4n) is 1.91. The molecule has 1 aromatic rings. The lowest BCUT2D eigenvalue weighted by Gasteiger charge is -2.14. The number of carbonyl (C=O) groups is 1. The molecule has 108 valence electrons. The zero-order valence-electron chi connectivity index (χ0n) is 10.7. The maximum Gasteiger partial charge on any atom is 0.317 e. The molecule has 1 aromatic carbocycles. The highest BCUT2D eigenvalue weighted by molar-refractivity contribution is 5.76. The van der Waals surface area contributed by atoms with Crippen molar-refractivity contribution in [3.05, 3.63) is 33.9 Å². The Balaban J connectivity index is 2.00. The minimum atomic E-state index is -0.543. The molecule has 0 bridgehead atoms. The number of hydrogen-bond acceptors (Lipinski definition) is 5. The molecule has 2 N–H and O–H groups in total. The summed E-state index contributed by atoms with van der Waals surface area (Å²) < 4.78 is 5.38. The number of aliphatic hydroxyl groups is 1. The van der Waals surface area contributed by atoms with Gasteiger partial charge in [-0.25, -0.2) is 4.79 Å². The van der Waals surface area contributed by atoms with Gasteiger partial charge in [0.2, 0.25) is 0 Å². The molecule has 1 aliphatic heterocycles. The highest BCUT2D eigenvalue weighted by Gasteiger charge is 2.20. The second-order valence-electron chi connectivity index (χ2n) is 4.28. The zero-order valence-corrected chi connectivity index (χ0v) is 10.7. The first-order chi connectivity index (χ1) is 9.61. The fourth-order valence-corrected chi connectivity index (χ4v) is 1.91. The SMILES string of the molecule is O=C1NCCN1CCOc1cc(CO)ccc1[N+](=O)[O-]. The van der Waals surface area contributed by atoms with Crippen LogP contribution in [0.5, 0.6) is 5.75 Å². The molecular weight excluding hydrogens is 266 g/mol. The lowest BCUT2D eigenvalue weighted by atomic mass is 10.2. The number of amides is 2. The summed E-state index contributed by atoms with van der Waals surface area (Å²) in [6.45, 7) is 1.48. The number of aliphatic hydroxyl groups excluding tert-OH is 1. The van der Waals surface area contributed by atoms with Gasteiger partial charge in [-0.3, -0.25) is 10.1 Å². The van der Waals surface area contributed by atoms with Crippen molar-refractivity contribution in [2.24, 2.45) is 0 Å². The molecule has 1 heterocycles. The number of benzene rings is 1. The third-order valence-electron chi connectivity index (χ3n) is 2.97. The Morgan fingerprint density at radius 2 is 2.30 bits per heavy atom. The van der Waals surface area contributed by atoms with E-state index in [-0.39, 0.29) is 30.7 Å². The first-order valence-corrected chi connectivity index (χ1v) is 6.15. The molecule has 8 nitrogen and oxygen atoms in total. The van der Waals surface area contributed by atoms with Gasteiger partial charge in [0.05, 0.1) is 18.1 Å². The van der Waals surface area contributed by atoms with E-state index in [1.54, 1.807) is 4.90 Å². The Labute approximate surface area is 115 Å². The molecule has 1 fully saturated rings. The molecule has 2 amide bonds. The lowest BCUT2D eigenvalue weighted by Crippen LogP contribution is -2.31. The van der Waals surface area contributed by atoms with Crippen molar-refractivity contribution in [3.8, 4) is 5.75 Å². The van der Waals surface area contributed by atoms with Gasteiger partial charge in [-0.05, 0) is 17.7 Å². The quantitative estimate of drug-likeness (QED) is 0.583. The second kappa shape index (κ2) is 6.20. The summed E-state index contributed by atoms with van der Waals surface area (Å²) in [5, 5.41) is 22.6. The third-order valence-corrected chi connectivity index (χ3v) is 2.97. The number of nitro groups is 1. The number of carbonyl (C=O) groups excluding carboxylic acids is 1. The van der Waals surface area contributed by atoms with Crippen LogP contribution in [0.2, 0.25) is 0 Å². The van der Waals surface area contributed by atoms with Crippen molar-refractivity contribution in [2.75, 3.05) is 26.2 Å². The van der Waals surface area contributed by atoms with Crippen LogP contribution in [0, 0.1) is 10.1 Å². The van der Waals surface area contributed by atoms with Crippen molar-refractivity contribution in [2.45, 2.75) is 6.61 Å². The van der Waals surface area contributed by atoms with Crippen molar-refractivity contribution in [1.29, 1.82) is 0 Å². The molecule has 20 heavy (non-hydrogen) atoms. The third kappa shape index (κ3) is 3.15. The van der Waals surface area contributed by atoms with Crippen molar-refractivity contribution < 1.29 is 19.6 Å². The van der Waals surface area contributed by atoms with E-state index >= 15 is 0 Å². The highest BCUT2D eigenvalue weighted by Crippen LogP contribution is 2.28. The molecule has 0 atom stereocenters. The summed E-state index contributed by atoms with van der Waals surface area (Å²) in [6, 6.07) is 4.04. The Bertz CT molecular complexity index is 520. The van der Waals surface area contributed by atoms with Crippen LogP contribution < -0.4 is 10.1 Å². The number of nitrogens with zero attached hydrogens (tertiary/aromatic N) is 2. The monoisotopic (exact) mass is 281 g/mol. The fraction of sp³-hybridized carbons (Fsp3) is 0.417. The predicted octanol–water partition coefficient (Wildman–Crippen LogP) is 0.491. The second-order valence-corrected chi connectivity index (χ2v) is 4.28. The topological polar surface area (TPSA) is 105 Å². The summed E-state index contributed by atoms with van der Waals surface area (Å²) in [5.41, 5.74) is 0.373. The van der Waals surface area contributed by atoms with Gasteiger partial charge in [-0.2, -0.15) is 0 Å². The Hall–Kier alpha value is -2.35. The summed E-state index contributed by atoms with van der Waals surface area (Å²) in [4.78, 5) is 23.2. The van der Waals surface area contributed by atoms with Crippen molar-refractivity contribution in [3.63, 3.8) is 0 Å². The van der Waals surface area contributed by atoms with E-state index in [0.717, 1.165) is 0 Å². The van der Waals surface area contributed by atoms with Gasteiger partial charge in [0, 0.05) is 19.2 Å². The predicted molar refractivity (Wildman–Crippen MR) is 69.5 cm³/mol. The Morgan fingerprint density at radius 3 is 2.90 bits per heavy atom. The molecule has 0 aliphatic carbocycles. The smallest absolute Gasteiger partial charge is 0.317 e. The van der Waals surface area contributed by atoms with Gasteiger partial charge in [0.25, 0.3) is 0 Å². The molecule has 1 aliphatic rings. The average molecular weight is 281 g/mol. The average Bonchev–Trinajstić information content (AvgIpc) is 2.84. The van der Waals surface area contributed by atoms with Crippen molar-refractivity contribution >= 4 is 11.7 Å². The van der Waals surface area contributed by atoms with E-state index in [0.29, 0.717) is 25.2 Å². The maximum absolute atomic E-state index is 11.3. The van der Waals surface area contributed by atoms with Crippen LogP contribution in [0.4, 0.5) is 10.5 Å². The van der Waals surface area contributed by atoms with E-state index in [1.165, 1.54) is 18.2 Å². The summed E-state index contributed by atoms with van der Waals surface area (Å²) in [7, 11) is 0. The first kappa shape index (κ1) is 14.1. The molecule has 0 aromatic heterocycles. The van der Waals surface area contributed by atoms with E-state index in [1.807, 2.05) is 0 Å². The Kier molecular flexibility index (Phi) is 4.36. The van der Waals surface area contributed by atoms with Gasteiger partial charge in [0.15, 0.2) is 5.75 Å². The van der Waals surface area contributed by atoms with Crippen LogP contribution in [0.1, 0.15) is 5.56 Å². The van der Waals surface area contributed by atoms with Crippen LogP contribution in [-0.2, 0) is 6.61 Å². The highest BCUT2D eigenvalue weighted by atomic mass is 16.6. The largest absolute Gasteiger partial charge is 0.485 e. The zero-order chi connectivity index (χ0) is 14.5. The van der Waals surface area contributed by atoms with Gasteiger partial charge in [-0.1, -0.05) is 0 Å². The van der Waals surface area contributed by atoms with Gasteiger partial charge >= 0.3 is 11.7 Å². The van der Waals surface area contributed by atoms with Crippen LogP contribution in [0.15, 0.2) is 18.2 Å². The molecule has 0 spiro atoms. The van der Waals surface area contributed by atoms with E-state index in [2.05, 4.69) is 5.32 Å². The summed E-state index contributed by atoms with van der Waals surface area (Å²) in [5.74, 6) is 0.0983. The number of nitrogens with one attached hydrogen (secondary N) is 1. The number of hydrogen-bond donors (Lipinski definition) is 2. The van der Waals surface area contributed by atoms with Crippen LogP contribution in [0.25, 0.3) is 0 Å². The number of ether oxygens (including phenoxy) is 1. The number of nitro benzene ring substituents is 1. The van der Waals surface area contributed by atoms with Crippen LogP contribution >= 0.6 is 0 Å². The molecule has 8 heteroatoms. The summed E-state index contributed by atoms with van der Waals surface area (Å²) in [6.07, 6.45) is 0. The summed E-state index contributed by atoms with van der Waals surface area (Å²) >= 11 is 0. The molecule has 0 radical (unpaired) electrons. The lowest BCUT2D eigenvalue weighted by molar-refractivity contribution is -0.385. The molecule has 1 saturated heterocycles. The van der Waals surface area contributed by atoms with Crippen LogP contribution in [-0.4, -0.2) is 47.2 Å². The standard InChI is InChI=1S/C12H15N3O5/c16-8-9-1-2-10(15(18)19)11(7-9)20-6-5-14-4-3-13-12(14)17/h1-2,7,16H,3-6,8H2,(H,13,17). The van der Waals surface area contributed by atoms with Crippen molar-refractivity contribution in [1.82, 2.24) is 10.2 Å². The number of urea groups is 1. The number of rotatable bonds is 6. The normalized spacial score (nSPS) is 14.2. The van der Waals surface area contributed by atoms with Gasteiger partial charge in [0.1, 0.15) is 6.61 Å². The van der Waals surface area contributed by atoms with E-state index in [9.17, 15) is 14.9 Å². The minimum absolute atomic E-state index is 0.0983. The van der Waals surface area contributed by atoms with Gasteiger partial charge < -0.3 is 20.1 Å². The maximum atomic E-state index is 11.3. The molecular formula is C12H15N3O5. The first-order valence-electron chi connectivity index (χ1n) is 6.15. The van der Waals surface area contributed by atoms with Gasteiger partial charge in [-0.15, -0.1) is 0 Å². The molecule has 2 rings (SSSR count). The molecule has 0 unspecified atom stereocenters. The molecule has 0 saturated carbocycles. The minimum Gasteiger partial charge on any atom is -0.485 e. The Morgan fingerprint density at radius 1 is 1.50 bits per heavy atom. The van der Waals surface area contributed by atoms with E-state index in [4.69, 9.17) is 9.84 Å². The van der Waals surface area contributed by atoms with Crippen LogP contribution in [0.3, 0.4) is 0 Å². The van der Waals surface area contributed by atoms with E-state index < -0.39 is 4.92 Å².